The first-order valence-electron chi connectivity index (χ1n) is 9.51. The lowest BCUT2D eigenvalue weighted by atomic mass is 10.1. The summed E-state index contributed by atoms with van der Waals surface area (Å²) in [6.07, 6.45) is 1.47. The Labute approximate surface area is 204 Å². The van der Waals surface area contributed by atoms with Crippen LogP contribution in [0.25, 0.3) is 6.08 Å². The summed E-state index contributed by atoms with van der Waals surface area (Å²) in [6.45, 7) is 6.17. The predicted octanol–water partition coefficient (Wildman–Crippen LogP) is 4.96. The summed E-state index contributed by atoms with van der Waals surface area (Å²) < 4.78 is 12.4. The Balaban J connectivity index is 2.05. The summed E-state index contributed by atoms with van der Waals surface area (Å²) in [5, 5.41) is 2.88. The molecule has 0 bridgehead atoms. The third-order valence-electron chi connectivity index (χ3n) is 4.19. The minimum atomic E-state index is -0.575. The number of nitrogens with one attached hydrogen (secondary N) is 1. The summed E-state index contributed by atoms with van der Waals surface area (Å²) in [4.78, 5) is 27.0. The van der Waals surface area contributed by atoms with Crippen molar-refractivity contribution in [1.82, 2.24) is 5.32 Å². The molecule has 0 radical (unpaired) electrons. The van der Waals surface area contributed by atoms with E-state index in [0.717, 1.165) is 3.57 Å². The highest BCUT2D eigenvalue weighted by Gasteiger charge is 2.35. The number of halogens is 2. The van der Waals surface area contributed by atoms with Gasteiger partial charge in [0, 0.05) is 0 Å². The van der Waals surface area contributed by atoms with Crippen molar-refractivity contribution in [2.24, 2.45) is 0 Å². The topological polar surface area (TPSA) is 67.9 Å². The van der Waals surface area contributed by atoms with Crippen LogP contribution in [0.1, 0.15) is 26.3 Å². The number of anilines is 1. The number of thiocarbonyl (C=S) groups is 1. The largest absolute Gasteiger partial charge is 0.490 e. The van der Waals surface area contributed by atoms with Crippen molar-refractivity contribution >= 4 is 75.1 Å². The standard InChI is InChI=1S/C22H20ClIN2O4S/c1-4-29-18-11-13(10-16(24)19(18)30-12(2)3)9-14-20(27)25-22(31)26(21(14)28)17-8-6-5-7-15(17)23/h5-12H,4H2,1-3H3,(H,25,27,31)/b14-9+. The lowest BCUT2D eigenvalue weighted by Gasteiger charge is -2.29. The van der Waals surface area contributed by atoms with E-state index in [1.165, 1.54) is 11.0 Å². The van der Waals surface area contributed by atoms with Crippen LogP contribution in [0.5, 0.6) is 11.5 Å². The fraction of sp³-hybridized carbons (Fsp3) is 0.227. The lowest BCUT2D eigenvalue weighted by Crippen LogP contribution is -2.54. The van der Waals surface area contributed by atoms with Crippen molar-refractivity contribution in [1.29, 1.82) is 0 Å². The molecule has 162 valence electrons. The van der Waals surface area contributed by atoms with Gasteiger partial charge in [-0.15, -0.1) is 0 Å². The first kappa shape index (κ1) is 23.5. The first-order chi connectivity index (χ1) is 14.7. The molecule has 0 aromatic heterocycles. The number of hydrogen-bond donors (Lipinski definition) is 1. The molecule has 1 N–H and O–H groups in total. The van der Waals surface area contributed by atoms with Gasteiger partial charge in [0.25, 0.3) is 11.8 Å². The molecule has 1 saturated heterocycles. The summed E-state index contributed by atoms with van der Waals surface area (Å²) in [6, 6.07) is 10.4. The van der Waals surface area contributed by atoms with Gasteiger partial charge in [0.1, 0.15) is 5.57 Å². The van der Waals surface area contributed by atoms with Crippen LogP contribution in [0.15, 0.2) is 42.0 Å². The van der Waals surface area contributed by atoms with Gasteiger partial charge in [0.15, 0.2) is 16.6 Å². The molecule has 0 unspecified atom stereocenters. The van der Waals surface area contributed by atoms with Crippen LogP contribution in [0.3, 0.4) is 0 Å². The third-order valence-corrected chi connectivity index (χ3v) is 5.60. The van der Waals surface area contributed by atoms with Crippen LogP contribution in [0, 0.1) is 3.57 Å². The van der Waals surface area contributed by atoms with Gasteiger partial charge in [-0.05, 0) is 91.5 Å². The van der Waals surface area contributed by atoms with Crippen molar-refractivity contribution < 1.29 is 19.1 Å². The zero-order valence-electron chi connectivity index (χ0n) is 17.1. The van der Waals surface area contributed by atoms with Gasteiger partial charge in [-0.3, -0.25) is 19.8 Å². The average Bonchev–Trinajstić information content (AvgIpc) is 2.69. The number of benzene rings is 2. The minimum Gasteiger partial charge on any atom is -0.490 e. The lowest BCUT2D eigenvalue weighted by molar-refractivity contribution is -0.122. The van der Waals surface area contributed by atoms with E-state index in [1.807, 2.05) is 26.8 Å². The van der Waals surface area contributed by atoms with E-state index in [9.17, 15) is 9.59 Å². The fourth-order valence-corrected chi connectivity index (χ4v) is 4.21. The van der Waals surface area contributed by atoms with Gasteiger partial charge in [-0.1, -0.05) is 23.7 Å². The average molecular weight is 571 g/mol. The summed E-state index contributed by atoms with van der Waals surface area (Å²) in [5.41, 5.74) is 0.953. The van der Waals surface area contributed by atoms with Gasteiger partial charge >= 0.3 is 0 Å². The Kier molecular flexibility index (Phi) is 7.55. The van der Waals surface area contributed by atoms with Crippen molar-refractivity contribution in [3.63, 3.8) is 0 Å². The highest BCUT2D eigenvalue weighted by atomic mass is 127. The summed E-state index contributed by atoms with van der Waals surface area (Å²) >= 11 is 13.6. The second-order valence-corrected chi connectivity index (χ2v) is 8.79. The number of para-hydroxylation sites is 1. The molecule has 0 aliphatic carbocycles. The molecule has 0 saturated carbocycles. The van der Waals surface area contributed by atoms with Crippen LogP contribution in [-0.2, 0) is 9.59 Å². The smallest absolute Gasteiger partial charge is 0.270 e. The first-order valence-corrected chi connectivity index (χ1v) is 11.4. The van der Waals surface area contributed by atoms with Gasteiger partial charge in [0.05, 0.1) is 27.0 Å². The second kappa shape index (κ2) is 9.97. The van der Waals surface area contributed by atoms with E-state index < -0.39 is 11.8 Å². The monoisotopic (exact) mass is 570 g/mol. The normalized spacial score (nSPS) is 15.5. The third kappa shape index (κ3) is 5.19. The van der Waals surface area contributed by atoms with Crippen LogP contribution in [0.4, 0.5) is 5.69 Å². The number of ether oxygens (including phenoxy) is 2. The molecule has 1 fully saturated rings. The quantitative estimate of drug-likeness (QED) is 0.230. The summed E-state index contributed by atoms with van der Waals surface area (Å²) in [5.74, 6) is 0.0288. The molecule has 1 heterocycles. The fourth-order valence-electron chi connectivity index (χ4n) is 2.96. The SMILES string of the molecule is CCOc1cc(/C=C2\C(=O)NC(=S)N(c3ccccc3Cl)C2=O)cc(I)c1OC(C)C. The Hall–Kier alpha value is -2.17. The van der Waals surface area contributed by atoms with Crippen LogP contribution >= 0.6 is 46.4 Å². The number of rotatable bonds is 6. The Morgan fingerprint density at radius 2 is 1.97 bits per heavy atom. The zero-order valence-corrected chi connectivity index (χ0v) is 20.8. The molecule has 0 spiro atoms. The van der Waals surface area contributed by atoms with Crippen LogP contribution in [-0.4, -0.2) is 29.6 Å². The molecule has 2 aromatic carbocycles. The maximum atomic E-state index is 13.2. The number of amides is 2. The van der Waals surface area contributed by atoms with Crippen molar-refractivity contribution in [3.8, 4) is 11.5 Å². The molecule has 0 atom stereocenters. The van der Waals surface area contributed by atoms with Gasteiger partial charge in [-0.25, -0.2) is 0 Å². The Morgan fingerprint density at radius 1 is 1.26 bits per heavy atom. The van der Waals surface area contributed by atoms with E-state index in [0.29, 0.717) is 34.4 Å². The molecule has 3 rings (SSSR count). The van der Waals surface area contributed by atoms with E-state index in [-0.39, 0.29) is 16.8 Å². The Bertz CT molecular complexity index is 1090. The highest BCUT2D eigenvalue weighted by Crippen LogP contribution is 2.36. The molecular weight excluding hydrogens is 551 g/mol. The van der Waals surface area contributed by atoms with E-state index in [1.54, 1.807) is 30.3 Å². The number of nitrogens with zero attached hydrogens (tertiary/aromatic N) is 1. The molecule has 2 aromatic rings. The molecule has 9 heteroatoms. The van der Waals surface area contributed by atoms with Gasteiger partial charge in [-0.2, -0.15) is 0 Å². The van der Waals surface area contributed by atoms with Crippen LogP contribution in [0.2, 0.25) is 5.02 Å². The Morgan fingerprint density at radius 3 is 2.61 bits per heavy atom. The minimum absolute atomic E-state index is 0.0227. The van der Waals surface area contributed by atoms with E-state index in [2.05, 4.69) is 27.9 Å². The van der Waals surface area contributed by atoms with Crippen molar-refractivity contribution in [3.05, 3.63) is 56.1 Å². The molecule has 2 amide bonds. The van der Waals surface area contributed by atoms with Crippen LogP contribution < -0.4 is 19.7 Å². The number of hydrogen-bond acceptors (Lipinski definition) is 5. The predicted molar refractivity (Wildman–Crippen MR) is 134 cm³/mol. The highest BCUT2D eigenvalue weighted by molar-refractivity contribution is 14.1. The molecule has 1 aliphatic rings. The molecule has 31 heavy (non-hydrogen) atoms. The zero-order chi connectivity index (χ0) is 22.7. The summed E-state index contributed by atoms with van der Waals surface area (Å²) in [7, 11) is 0. The maximum absolute atomic E-state index is 13.2. The van der Waals surface area contributed by atoms with Crippen molar-refractivity contribution in [2.75, 3.05) is 11.5 Å². The second-order valence-electron chi connectivity index (χ2n) is 6.84. The van der Waals surface area contributed by atoms with Crippen molar-refractivity contribution in [2.45, 2.75) is 26.9 Å². The maximum Gasteiger partial charge on any atom is 0.270 e. The van der Waals surface area contributed by atoms with E-state index >= 15 is 0 Å². The molecule has 6 nitrogen and oxygen atoms in total. The molecule has 1 aliphatic heterocycles. The van der Waals surface area contributed by atoms with Gasteiger partial charge < -0.3 is 9.47 Å². The van der Waals surface area contributed by atoms with Gasteiger partial charge in [0.2, 0.25) is 0 Å². The number of carbonyl (C=O) groups excluding carboxylic acids is 2. The molecular formula is C22H20ClIN2O4S. The number of carbonyl (C=O) groups is 2. The van der Waals surface area contributed by atoms with E-state index in [4.69, 9.17) is 33.3 Å².